The number of sulfonamides is 1. The Bertz CT molecular complexity index is 715. The first-order valence-electron chi connectivity index (χ1n) is 5.55. The van der Waals surface area contributed by atoms with Crippen molar-refractivity contribution in [3.8, 4) is 0 Å². The minimum absolute atomic E-state index is 0.0473. The molecule has 0 amide bonds. The van der Waals surface area contributed by atoms with Crippen molar-refractivity contribution in [2.24, 2.45) is 0 Å². The second-order valence-electron chi connectivity index (χ2n) is 4.17. The minimum Gasteiger partial charge on any atom is -0.472 e. The predicted octanol–water partition coefficient (Wildman–Crippen LogP) is 2.99. The maximum absolute atomic E-state index is 12.5. The van der Waals surface area contributed by atoms with Crippen LogP contribution in [0.25, 0.3) is 0 Å². The van der Waals surface area contributed by atoms with E-state index in [0.717, 1.165) is 9.87 Å². The fraction of sp³-hybridized carbons (Fsp3) is 0.167. The number of nitrogens with two attached hydrogens (primary N) is 1. The van der Waals surface area contributed by atoms with Crippen LogP contribution in [0.2, 0.25) is 10.0 Å². The van der Waals surface area contributed by atoms with E-state index < -0.39 is 10.0 Å². The number of benzene rings is 1. The molecule has 1 heterocycles. The van der Waals surface area contributed by atoms with Crippen LogP contribution in [0.4, 0.5) is 5.69 Å². The van der Waals surface area contributed by atoms with E-state index in [2.05, 4.69) is 0 Å². The molecule has 0 aliphatic rings. The number of hydrogen-bond donors (Lipinski definition) is 1. The molecule has 8 heteroatoms. The first-order valence-corrected chi connectivity index (χ1v) is 7.74. The van der Waals surface area contributed by atoms with Crippen molar-refractivity contribution in [1.82, 2.24) is 4.31 Å². The molecule has 0 aliphatic heterocycles. The third-order valence-corrected chi connectivity index (χ3v) is 5.46. The Labute approximate surface area is 126 Å². The fourth-order valence-corrected chi connectivity index (χ4v) is 3.54. The van der Waals surface area contributed by atoms with Gasteiger partial charge in [-0.05, 0) is 18.2 Å². The zero-order valence-corrected chi connectivity index (χ0v) is 12.8. The highest BCUT2D eigenvalue weighted by Gasteiger charge is 2.25. The molecule has 2 N–H and O–H groups in total. The van der Waals surface area contributed by atoms with Crippen molar-refractivity contribution in [2.75, 3.05) is 12.8 Å². The van der Waals surface area contributed by atoms with E-state index in [1.807, 2.05) is 0 Å². The third kappa shape index (κ3) is 2.78. The van der Waals surface area contributed by atoms with Gasteiger partial charge in [0.05, 0.1) is 28.3 Å². The van der Waals surface area contributed by atoms with Crippen molar-refractivity contribution in [2.45, 2.75) is 11.4 Å². The second-order valence-corrected chi connectivity index (χ2v) is 6.96. The van der Waals surface area contributed by atoms with Gasteiger partial charge in [-0.25, -0.2) is 8.42 Å². The number of hydrogen-bond acceptors (Lipinski definition) is 4. The average Bonchev–Trinajstić information content (AvgIpc) is 2.88. The fourth-order valence-electron chi connectivity index (χ4n) is 1.64. The first-order chi connectivity index (χ1) is 9.34. The zero-order valence-electron chi connectivity index (χ0n) is 10.5. The first kappa shape index (κ1) is 15.2. The molecule has 20 heavy (non-hydrogen) atoms. The molecule has 0 atom stereocenters. The number of furan rings is 1. The van der Waals surface area contributed by atoms with E-state index in [1.165, 1.54) is 31.7 Å². The van der Waals surface area contributed by atoms with E-state index in [4.69, 9.17) is 33.4 Å². The van der Waals surface area contributed by atoms with Crippen LogP contribution >= 0.6 is 23.2 Å². The van der Waals surface area contributed by atoms with Crippen molar-refractivity contribution in [3.63, 3.8) is 0 Å². The summed E-state index contributed by atoms with van der Waals surface area (Å²) < 4.78 is 31.0. The third-order valence-electron chi connectivity index (χ3n) is 2.76. The Hall–Kier alpha value is -1.21. The summed E-state index contributed by atoms with van der Waals surface area (Å²) in [6, 6.07) is 4.42. The molecule has 1 aromatic carbocycles. The van der Waals surface area contributed by atoms with Crippen LogP contribution in [0, 0.1) is 0 Å². The predicted molar refractivity (Wildman–Crippen MR) is 78.2 cm³/mol. The largest absolute Gasteiger partial charge is 0.472 e. The van der Waals surface area contributed by atoms with Gasteiger partial charge in [-0.3, -0.25) is 0 Å². The SMILES string of the molecule is CN(Cc1ccoc1)S(=O)(=O)c1ccc(Cl)c(N)c1Cl. The van der Waals surface area contributed by atoms with Gasteiger partial charge in [-0.1, -0.05) is 23.2 Å². The molecule has 5 nitrogen and oxygen atoms in total. The average molecular weight is 335 g/mol. The monoisotopic (exact) mass is 334 g/mol. The molecule has 108 valence electrons. The van der Waals surface area contributed by atoms with Crippen LogP contribution in [0.5, 0.6) is 0 Å². The van der Waals surface area contributed by atoms with Crippen molar-refractivity contribution in [3.05, 3.63) is 46.3 Å². The van der Waals surface area contributed by atoms with Gasteiger partial charge in [0.1, 0.15) is 4.90 Å². The maximum atomic E-state index is 12.5. The molecule has 0 spiro atoms. The lowest BCUT2D eigenvalue weighted by atomic mass is 10.3. The maximum Gasteiger partial charge on any atom is 0.244 e. The van der Waals surface area contributed by atoms with Gasteiger partial charge in [0.25, 0.3) is 0 Å². The van der Waals surface area contributed by atoms with Crippen LogP contribution in [0.1, 0.15) is 5.56 Å². The van der Waals surface area contributed by atoms with Gasteiger partial charge in [0.15, 0.2) is 0 Å². The quantitative estimate of drug-likeness (QED) is 0.872. The molecular weight excluding hydrogens is 323 g/mol. The van der Waals surface area contributed by atoms with Gasteiger partial charge < -0.3 is 10.2 Å². The normalized spacial score (nSPS) is 12.0. The van der Waals surface area contributed by atoms with Crippen LogP contribution in [0.15, 0.2) is 40.0 Å². The van der Waals surface area contributed by atoms with E-state index in [0.29, 0.717) is 0 Å². The van der Waals surface area contributed by atoms with Crippen molar-refractivity contribution in [1.29, 1.82) is 0 Å². The smallest absolute Gasteiger partial charge is 0.244 e. The molecule has 0 fully saturated rings. The second kappa shape index (κ2) is 5.65. The van der Waals surface area contributed by atoms with Crippen LogP contribution < -0.4 is 5.73 Å². The lowest BCUT2D eigenvalue weighted by molar-refractivity contribution is 0.463. The molecule has 0 aliphatic carbocycles. The molecule has 0 saturated heterocycles. The van der Waals surface area contributed by atoms with E-state index in [9.17, 15) is 8.42 Å². The lowest BCUT2D eigenvalue weighted by Gasteiger charge is -2.18. The summed E-state index contributed by atoms with van der Waals surface area (Å²) in [5.41, 5.74) is 6.43. The van der Waals surface area contributed by atoms with Gasteiger partial charge in [-0.15, -0.1) is 0 Å². The summed E-state index contributed by atoms with van der Waals surface area (Å²) in [7, 11) is -2.32. The Morgan fingerprint density at radius 3 is 2.60 bits per heavy atom. The highest BCUT2D eigenvalue weighted by atomic mass is 35.5. The van der Waals surface area contributed by atoms with Gasteiger partial charge in [0.2, 0.25) is 10.0 Å². The standard InChI is InChI=1S/C12H12Cl2N2O3S/c1-16(6-8-4-5-19-7-8)20(17,18)10-3-2-9(13)12(15)11(10)14/h2-5,7H,6,15H2,1H3. The number of nitrogens with zero attached hydrogens (tertiary/aromatic N) is 1. The molecule has 0 bridgehead atoms. The molecule has 0 saturated carbocycles. The Morgan fingerprint density at radius 1 is 1.30 bits per heavy atom. The number of halogens is 2. The van der Waals surface area contributed by atoms with Crippen molar-refractivity contribution < 1.29 is 12.8 Å². The Morgan fingerprint density at radius 2 is 2.00 bits per heavy atom. The summed E-state index contributed by atoms with van der Waals surface area (Å²) in [4.78, 5) is -0.0768. The Balaban J connectivity index is 2.37. The highest BCUT2D eigenvalue weighted by Crippen LogP contribution is 2.34. The number of nitrogen functional groups attached to an aromatic ring is 1. The summed E-state index contributed by atoms with van der Waals surface area (Å²) in [6.45, 7) is 0.164. The van der Waals surface area contributed by atoms with Crippen molar-refractivity contribution >= 4 is 38.9 Å². The lowest BCUT2D eigenvalue weighted by Crippen LogP contribution is -2.26. The molecule has 2 aromatic rings. The van der Waals surface area contributed by atoms with Crippen LogP contribution in [0.3, 0.4) is 0 Å². The highest BCUT2D eigenvalue weighted by molar-refractivity contribution is 7.89. The topological polar surface area (TPSA) is 76.5 Å². The molecule has 1 aromatic heterocycles. The summed E-state index contributed by atoms with van der Waals surface area (Å²) in [5, 5.41) is 0.142. The minimum atomic E-state index is -3.76. The van der Waals surface area contributed by atoms with Gasteiger partial charge in [-0.2, -0.15) is 4.31 Å². The zero-order chi connectivity index (χ0) is 14.9. The number of anilines is 1. The summed E-state index contributed by atoms with van der Waals surface area (Å²) >= 11 is 11.8. The van der Waals surface area contributed by atoms with Gasteiger partial charge in [0, 0.05) is 19.2 Å². The van der Waals surface area contributed by atoms with E-state index in [1.54, 1.807) is 6.07 Å². The van der Waals surface area contributed by atoms with Crippen LogP contribution in [-0.2, 0) is 16.6 Å². The van der Waals surface area contributed by atoms with Gasteiger partial charge >= 0.3 is 0 Å². The Kier molecular flexibility index (Phi) is 4.29. The molecular formula is C12H12Cl2N2O3S. The van der Waals surface area contributed by atoms with Crippen LogP contribution in [-0.4, -0.2) is 19.8 Å². The molecule has 0 radical (unpaired) electrons. The number of rotatable bonds is 4. The molecule has 2 rings (SSSR count). The van der Waals surface area contributed by atoms with E-state index in [-0.39, 0.29) is 27.2 Å². The summed E-state index contributed by atoms with van der Waals surface area (Å²) in [5.74, 6) is 0. The summed E-state index contributed by atoms with van der Waals surface area (Å²) in [6.07, 6.45) is 2.95. The van der Waals surface area contributed by atoms with E-state index >= 15 is 0 Å². The molecule has 0 unspecified atom stereocenters.